The van der Waals surface area contributed by atoms with Crippen molar-refractivity contribution in [2.24, 2.45) is 5.73 Å². The average molecular weight is 168 g/mol. The molecule has 2 N–H and O–H groups in total. The van der Waals surface area contributed by atoms with Crippen LogP contribution in [0.2, 0.25) is 0 Å². The molecule has 0 aromatic carbocycles. The minimum Gasteiger partial charge on any atom is -0.374 e. The van der Waals surface area contributed by atoms with Crippen molar-refractivity contribution >= 4 is 12.4 Å². The van der Waals surface area contributed by atoms with E-state index in [0.717, 1.165) is 6.42 Å². The maximum Gasteiger partial charge on any atom is 0.0624 e. The molecule has 0 fully saturated rings. The SMILES string of the molecule is CCC(C)(C)OCCN.Cl. The fraction of sp³-hybridized carbons (Fsp3) is 1.00. The van der Waals surface area contributed by atoms with Gasteiger partial charge in [-0.05, 0) is 20.3 Å². The minimum atomic E-state index is 0. The summed E-state index contributed by atoms with van der Waals surface area (Å²) >= 11 is 0. The van der Waals surface area contributed by atoms with Crippen molar-refractivity contribution in [2.45, 2.75) is 32.8 Å². The van der Waals surface area contributed by atoms with Gasteiger partial charge in [0.05, 0.1) is 12.2 Å². The molecular formula is C7H18ClNO. The zero-order valence-corrected chi connectivity index (χ0v) is 7.83. The van der Waals surface area contributed by atoms with Crippen LogP contribution < -0.4 is 5.73 Å². The van der Waals surface area contributed by atoms with Crippen LogP contribution in [0.3, 0.4) is 0 Å². The van der Waals surface area contributed by atoms with Gasteiger partial charge in [-0.2, -0.15) is 0 Å². The van der Waals surface area contributed by atoms with E-state index in [1.54, 1.807) is 0 Å². The Labute approximate surface area is 69.5 Å². The molecule has 0 radical (unpaired) electrons. The Balaban J connectivity index is 0. The molecular weight excluding hydrogens is 150 g/mol. The Kier molecular flexibility index (Phi) is 7.65. The highest BCUT2D eigenvalue weighted by Gasteiger charge is 2.13. The second kappa shape index (κ2) is 5.96. The smallest absolute Gasteiger partial charge is 0.0624 e. The number of halogens is 1. The Morgan fingerprint density at radius 2 is 1.90 bits per heavy atom. The lowest BCUT2D eigenvalue weighted by molar-refractivity contribution is -0.0155. The summed E-state index contributed by atoms with van der Waals surface area (Å²) in [5.41, 5.74) is 5.28. The fourth-order valence-corrected chi connectivity index (χ4v) is 0.437. The average Bonchev–Trinajstić information content (AvgIpc) is 1.84. The lowest BCUT2D eigenvalue weighted by Crippen LogP contribution is -2.26. The number of hydrogen-bond acceptors (Lipinski definition) is 2. The monoisotopic (exact) mass is 167 g/mol. The van der Waals surface area contributed by atoms with Crippen molar-refractivity contribution in [3.63, 3.8) is 0 Å². The van der Waals surface area contributed by atoms with Crippen LogP contribution in [-0.2, 0) is 4.74 Å². The molecule has 0 aliphatic heterocycles. The summed E-state index contributed by atoms with van der Waals surface area (Å²) in [5, 5.41) is 0. The first-order valence-corrected chi connectivity index (χ1v) is 3.46. The molecule has 64 valence electrons. The second-order valence-corrected chi connectivity index (χ2v) is 2.75. The predicted octanol–water partition coefficient (Wildman–Crippen LogP) is 1.57. The predicted molar refractivity (Wildman–Crippen MR) is 46.6 cm³/mol. The summed E-state index contributed by atoms with van der Waals surface area (Å²) in [6.07, 6.45) is 1.03. The van der Waals surface area contributed by atoms with Crippen molar-refractivity contribution in [2.75, 3.05) is 13.2 Å². The van der Waals surface area contributed by atoms with Gasteiger partial charge in [0.25, 0.3) is 0 Å². The van der Waals surface area contributed by atoms with Gasteiger partial charge in [-0.3, -0.25) is 0 Å². The van der Waals surface area contributed by atoms with Crippen molar-refractivity contribution in [1.82, 2.24) is 0 Å². The molecule has 2 nitrogen and oxygen atoms in total. The molecule has 3 heteroatoms. The third-order valence-corrected chi connectivity index (χ3v) is 1.46. The molecule has 0 aliphatic carbocycles. The molecule has 0 atom stereocenters. The first-order valence-electron chi connectivity index (χ1n) is 3.46. The van der Waals surface area contributed by atoms with Gasteiger partial charge in [0, 0.05) is 6.54 Å². The third-order valence-electron chi connectivity index (χ3n) is 1.46. The highest BCUT2D eigenvalue weighted by atomic mass is 35.5. The van der Waals surface area contributed by atoms with Crippen LogP contribution in [0.1, 0.15) is 27.2 Å². The zero-order valence-electron chi connectivity index (χ0n) is 7.02. The maximum atomic E-state index is 5.40. The van der Waals surface area contributed by atoms with Crippen LogP contribution >= 0.6 is 12.4 Å². The summed E-state index contributed by atoms with van der Waals surface area (Å²) in [4.78, 5) is 0. The fourth-order valence-electron chi connectivity index (χ4n) is 0.437. The number of hydrogen-bond donors (Lipinski definition) is 1. The van der Waals surface area contributed by atoms with Gasteiger partial charge < -0.3 is 10.5 Å². The van der Waals surface area contributed by atoms with Gasteiger partial charge >= 0.3 is 0 Å². The third kappa shape index (κ3) is 6.33. The molecule has 0 spiro atoms. The lowest BCUT2D eigenvalue weighted by Gasteiger charge is -2.22. The van der Waals surface area contributed by atoms with Crippen LogP contribution in [0.4, 0.5) is 0 Å². The minimum absolute atomic E-state index is 0. The molecule has 0 bridgehead atoms. The van der Waals surface area contributed by atoms with Gasteiger partial charge in [0.2, 0.25) is 0 Å². The van der Waals surface area contributed by atoms with Crippen LogP contribution in [0.25, 0.3) is 0 Å². The lowest BCUT2D eigenvalue weighted by atomic mass is 10.1. The first-order chi connectivity index (χ1) is 4.12. The zero-order chi connectivity index (χ0) is 7.33. The van der Waals surface area contributed by atoms with Crippen molar-refractivity contribution in [3.05, 3.63) is 0 Å². The topological polar surface area (TPSA) is 35.2 Å². The highest BCUT2D eigenvalue weighted by Crippen LogP contribution is 2.11. The normalized spacial score (nSPS) is 10.8. The molecule has 0 rings (SSSR count). The maximum absolute atomic E-state index is 5.40. The van der Waals surface area contributed by atoms with Gasteiger partial charge in [-0.25, -0.2) is 0 Å². The van der Waals surface area contributed by atoms with Crippen LogP contribution in [-0.4, -0.2) is 18.8 Å². The first kappa shape index (κ1) is 12.8. The molecule has 0 unspecified atom stereocenters. The van der Waals surface area contributed by atoms with Crippen LogP contribution in [0, 0.1) is 0 Å². The second-order valence-electron chi connectivity index (χ2n) is 2.75. The van der Waals surface area contributed by atoms with E-state index in [1.807, 2.05) is 0 Å². The van der Waals surface area contributed by atoms with Crippen molar-refractivity contribution < 1.29 is 4.74 Å². The molecule has 0 aliphatic rings. The quantitative estimate of drug-likeness (QED) is 0.690. The summed E-state index contributed by atoms with van der Waals surface area (Å²) in [7, 11) is 0. The highest BCUT2D eigenvalue weighted by molar-refractivity contribution is 5.85. The van der Waals surface area contributed by atoms with E-state index in [0.29, 0.717) is 13.2 Å². The van der Waals surface area contributed by atoms with Crippen molar-refractivity contribution in [1.29, 1.82) is 0 Å². The van der Waals surface area contributed by atoms with Gasteiger partial charge in [0.15, 0.2) is 0 Å². The van der Waals surface area contributed by atoms with Crippen molar-refractivity contribution in [3.8, 4) is 0 Å². The van der Waals surface area contributed by atoms with E-state index in [9.17, 15) is 0 Å². The number of ether oxygens (including phenoxy) is 1. The summed E-state index contributed by atoms with van der Waals surface area (Å²) < 4.78 is 5.40. The van der Waals surface area contributed by atoms with Gasteiger partial charge in [-0.15, -0.1) is 12.4 Å². The Bertz CT molecular complexity index is 76.0. The molecule has 0 amide bonds. The molecule has 0 saturated heterocycles. The summed E-state index contributed by atoms with van der Waals surface area (Å²) in [6, 6.07) is 0. The van der Waals surface area contributed by atoms with Gasteiger partial charge in [-0.1, -0.05) is 6.92 Å². The van der Waals surface area contributed by atoms with Gasteiger partial charge in [0.1, 0.15) is 0 Å². The molecule has 0 heterocycles. The Morgan fingerprint density at radius 3 is 2.20 bits per heavy atom. The number of rotatable bonds is 4. The number of nitrogens with two attached hydrogens (primary N) is 1. The summed E-state index contributed by atoms with van der Waals surface area (Å²) in [5.74, 6) is 0. The van der Waals surface area contributed by atoms with Crippen LogP contribution in [0.5, 0.6) is 0 Å². The van der Waals surface area contributed by atoms with E-state index in [1.165, 1.54) is 0 Å². The molecule has 0 aromatic heterocycles. The molecule has 0 saturated carbocycles. The Hall–Kier alpha value is 0.210. The van der Waals surface area contributed by atoms with Crippen LogP contribution in [0.15, 0.2) is 0 Å². The largest absolute Gasteiger partial charge is 0.374 e. The van der Waals surface area contributed by atoms with E-state index < -0.39 is 0 Å². The standard InChI is InChI=1S/C7H17NO.ClH/c1-4-7(2,3)9-6-5-8;/h4-6,8H2,1-3H3;1H. The summed E-state index contributed by atoms with van der Waals surface area (Å²) in [6.45, 7) is 7.53. The van der Waals surface area contributed by atoms with E-state index in [2.05, 4.69) is 20.8 Å². The Morgan fingerprint density at radius 1 is 1.40 bits per heavy atom. The van der Waals surface area contributed by atoms with E-state index >= 15 is 0 Å². The van der Waals surface area contributed by atoms with E-state index in [4.69, 9.17) is 10.5 Å². The van der Waals surface area contributed by atoms with E-state index in [-0.39, 0.29) is 18.0 Å². The molecule has 0 aromatic rings. The molecule has 10 heavy (non-hydrogen) atoms.